The van der Waals surface area contributed by atoms with Gasteiger partial charge in [0.25, 0.3) is 5.91 Å². The standard InChI is InChI=1S/C17H16ClFN2O3/c1-2-12(20)10-4-5-11(18)17(16(10)19)24-9-3-6-13-14(7-9)23-8-15(22)21-13/h3-7,12H,2,8,20H2,1H3,(H,21,22)/t12-/m1/s1. The molecule has 0 bridgehead atoms. The molecule has 2 aromatic carbocycles. The maximum atomic E-state index is 14.7. The van der Waals surface area contributed by atoms with Crippen LogP contribution in [0.5, 0.6) is 17.2 Å². The lowest BCUT2D eigenvalue weighted by molar-refractivity contribution is -0.118. The van der Waals surface area contributed by atoms with Gasteiger partial charge >= 0.3 is 0 Å². The molecule has 0 aromatic heterocycles. The Hall–Kier alpha value is -2.31. The van der Waals surface area contributed by atoms with E-state index in [1.165, 1.54) is 0 Å². The third-order valence-corrected chi connectivity index (χ3v) is 4.02. The molecular formula is C17H16ClFN2O3. The van der Waals surface area contributed by atoms with Crippen LogP contribution in [0.25, 0.3) is 0 Å². The van der Waals surface area contributed by atoms with Crippen molar-refractivity contribution in [3.63, 3.8) is 0 Å². The highest BCUT2D eigenvalue weighted by Crippen LogP contribution is 2.38. The summed E-state index contributed by atoms with van der Waals surface area (Å²) in [6.07, 6.45) is 0.588. The molecule has 0 aliphatic carbocycles. The van der Waals surface area contributed by atoms with Crippen LogP contribution in [0.1, 0.15) is 24.9 Å². The number of nitrogens with two attached hydrogens (primary N) is 1. The van der Waals surface area contributed by atoms with Gasteiger partial charge in [-0.2, -0.15) is 0 Å². The van der Waals surface area contributed by atoms with Crippen LogP contribution in [-0.4, -0.2) is 12.5 Å². The van der Waals surface area contributed by atoms with Crippen LogP contribution in [0.3, 0.4) is 0 Å². The highest BCUT2D eigenvalue weighted by Gasteiger charge is 2.20. The normalized spacial score (nSPS) is 14.4. The van der Waals surface area contributed by atoms with E-state index in [0.29, 0.717) is 29.2 Å². The van der Waals surface area contributed by atoms with E-state index in [4.69, 9.17) is 26.8 Å². The number of carbonyl (C=O) groups is 1. The van der Waals surface area contributed by atoms with Crippen molar-refractivity contribution in [1.29, 1.82) is 0 Å². The highest BCUT2D eigenvalue weighted by molar-refractivity contribution is 6.32. The minimum Gasteiger partial charge on any atom is -0.481 e. The Morgan fingerprint density at radius 1 is 1.42 bits per heavy atom. The molecule has 2 aromatic rings. The second kappa shape index (κ2) is 6.67. The van der Waals surface area contributed by atoms with Crippen molar-refractivity contribution >= 4 is 23.2 Å². The number of hydrogen-bond donors (Lipinski definition) is 2. The van der Waals surface area contributed by atoms with Crippen LogP contribution in [0.4, 0.5) is 10.1 Å². The van der Waals surface area contributed by atoms with Gasteiger partial charge in [0.1, 0.15) is 11.5 Å². The molecule has 0 fully saturated rings. The fourth-order valence-corrected chi connectivity index (χ4v) is 2.57. The second-order valence-electron chi connectivity index (χ2n) is 5.39. The third-order valence-electron chi connectivity index (χ3n) is 3.72. The Morgan fingerprint density at radius 2 is 2.21 bits per heavy atom. The summed E-state index contributed by atoms with van der Waals surface area (Å²) in [6, 6.07) is 7.46. The van der Waals surface area contributed by atoms with Crippen LogP contribution in [0.2, 0.25) is 5.02 Å². The summed E-state index contributed by atoms with van der Waals surface area (Å²) in [4.78, 5) is 11.3. The van der Waals surface area contributed by atoms with Gasteiger partial charge in [0.05, 0.1) is 10.7 Å². The number of carbonyl (C=O) groups excluding carboxylic acids is 1. The lowest BCUT2D eigenvalue weighted by atomic mass is 10.0. The van der Waals surface area contributed by atoms with Crippen LogP contribution in [0.15, 0.2) is 30.3 Å². The van der Waals surface area contributed by atoms with E-state index in [0.717, 1.165) is 0 Å². The van der Waals surface area contributed by atoms with Crippen molar-refractivity contribution in [2.45, 2.75) is 19.4 Å². The Bertz CT molecular complexity index is 798. The molecule has 1 aliphatic rings. The molecule has 3 rings (SSSR count). The van der Waals surface area contributed by atoms with Crippen molar-refractivity contribution in [2.75, 3.05) is 11.9 Å². The van der Waals surface area contributed by atoms with Crippen molar-refractivity contribution in [2.24, 2.45) is 5.73 Å². The number of fused-ring (bicyclic) bond motifs is 1. The van der Waals surface area contributed by atoms with Gasteiger partial charge in [-0.3, -0.25) is 4.79 Å². The molecule has 0 saturated heterocycles. The first-order valence-corrected chi connectivity index (χ1v) is 7.85. The van der Waals surface area contributed by atoms with E-state index in [1.807, 2.05) is 6.92 Å². The van der Waals surface area contributed by atoms with Gasteiger partial charge in [-0.05, 0) is 24.6 Å². The predicted octanol–water partition coefficient (Wildman–Crippen LogP) is 4.01. The predicted molar refractivity (Wildman–Crippen MR) is 89.3 cm³/mol. The molecule has 24 heavy (non-hydrogen) atoms. The summed E-state index contributed by atoms with van der Waals surface area (Å²) in [6.45, 7) is 1.79. The summed E-state index contributed by atoms with van der Waals surface area (Å²) < 4.78 is 25.6. The molecule has 5 nitrogen and oxygen atoms in total. The Kier molecular flexibility index (Phi) is 4.59. The molecule has 7 heteroatoms. The van der Waals surface area contributed by atoms with Crippen molar-refractivity contribution in [1.82, 2.24) is 0 Å². The number of rotatable bonds is 4. The SMILES string of the molecule is CC[C@@H](N)c1ccc(Cl)c(Oc2ccc3c(c2)OCC(=O)N3)c1F. The van der Waals surface area contributed by atoms with Crippen LogP contribution in [-0.2, 0) is 4.79 Å². The maximum Gasteiger partial charge on any atom is 0.262 e. The fourth-order valence-electron chi connectivity index (χ4n) is 2.38. The molecule has 0 spiro atoms. The van der Waals surface area contributed by atoms with E-state index in [1.54, 1.807) is 30.3 Å². The van der Waals surface area contributed by atoms with Gasteiger partial charge in [-0.1, -0.05) is 24.6 Å². The largest absolute Gasteiger partial charge is 0.481 e. The van der Waals surface area contributed by atoms with Gasteiger partial charge in [0.15, 0.2) is 18.2 Å². The lowest BCUT2D eigenvalue weighted by Gasteiger charge is -2.19. The zero-order chi connectivity index (χ0) is 17.3. The van der Waals surface area contributed by atoms with Gasteiger partial charge in [0, 0.05) is 17.7 Å². The summed E-state index contributed by atoms with van der Waals surface area (Å²) in [5.74, 6) is -0.105. The molecule has 126 valence electrons. The highest BCUT2D eigenvalue weighted by atomic mass is 35.5. The molecular weight excluding hydrogens is 335 g/mol. The molecule has 3 N–H and O–H groups in total. The van der Waals surface area contributed by atoms with E-state index < -0.39 is 11.9 Å². The topological polar surface area (TPSA) is 73.6 Å². The van der Waals surface area contributed by atoms with Crippen LogP contribution >= 0.6 is 11.6 Å². The number of nitrogens with one attached hydrogen (secondary N) is 1. The van der Waals surface area contributed by atoms with Gasteiger partial charge < -0.3 is 20.5 Å². The molecule has 0 saturated carbocycles. The summed E-state index contributed by atoms with van der Waals surface area (Å²) in [5.41, 5.74) is 6.79. The van der Waals surface area contributed by atoms with Crippen molar-refractivity contribution in [3.05, 3.63) is 46.7 Å². The molecule has 1 amide bonds. The Balaban J connectivity index is 1.93. The maximum absolute atomic E-state index is 14.7. The van der Waals surface area contributed by atoms with Gasteiger partial charge in [0.2, 0.25) is 0 Å². The molecule has 1 atom stereocenters. The van der Waals surface area contributed by atoms with E-state index >= 15 is 0 Å². The quantitative estimate of drug-likeness (QED) is 0.873. The van der Waals surface area contributed by atoms with Crippen molar-refractivity contribution in [3.8, 4) is 17.2 Å². The molecule has 1 heterocycles. The number of hydrogen-bond acceptors (Lipinski definition) is 4. The van der Waals surface area contributed by atoms with Crippen molar-refractivity contribution < 1.29 is 18.7 Å². The third kappa shape index (κ3) is 3.16. The Labute approximate surface area is 143 Å². The van der Waals surface area contributed by atoms with Crippen LogP contribution in [0, 0.1) is 5.82 Å². The van der Waals surface area contributed by atoms with Gasteiger partial charge in [-0.25, -0.2) is 4.39 Å². The molecule has 0 unspecified atom stereocenters. The number of halogens is 2. The van der Waals surface area contributed by atoms with E-state index in [-0.39, 0.29) is 23.3 Å². The first kappa shape index (κ1) is 16.5. The zero-order valence-electron chi connectivity index (χ0n) is 12.9. The minimum absolute atomic E-state index is 0.0770. The summed E-state index contributed by atoms with van der Waals surface area (Å²) in [5, 5.41) is 2.81. The summed E-state index contributed by atoms with van der Waals surface area (Å²) >= 11 is 6.07. The van der Waals surface area contributed by atoms with Gasteiger partial charge in [-0.15, -0.1) is 0 Å². The smallest absolute Gasteiger partial charge is 0.262 e. The zero-order valence-corrected chi connectivity index (χ0v) is 13.7. The number of anilines is 1. The average molecular weight is 351 g/mol. The number of amides is 1. The summed E-state index contributed by atoms with van der Waals surface area (Å²) in [7, 11) is 0. The van der Waals surface area contributed by atoms with Crippen LogP contribution < -0.4 is 20.5 Å². The average Bonchev–Trinajstić information content (AvgIpc) is 2.58. The van der Waals surface area contributed by atoms with E-state index in [9.17, 15) is 9.18 Å². The number of ether oxygens (including phenoxy) is 2. The number of benzene rings is 2. The minimum atomic E-state index is -0.580. The van der Waals surface area contributed by atoms with E-state index in [2.05, 4.69) is 5.32 Å². The lowest BCUT2D eigenvalue weighted by Crippen LogP contribution is -2.25. The first-order valence-electron chi connectivity index (χ1n) is 7.47. The second-order valence-corrected chi connectivity index (χ2v) is 5.80. The monoisotopic (exact) mass is 350 g/mol. The Morgan fingerprint density at radius 3 is 2.96 bits per heavy atom. The first-order chi connectivity index (χ1) is 11.5. The molecule has 0 radical (unpaired) electrons. The molecule has 1 aliphatic heterocycles. The fraction of sp³-hybridized carbons (Fsp3) is 0.235.